The second-order valence-corrected chi connectivity index (χ2v) is 9.44. The van der Waals surface area contributed by atoms with Gasteiger partial charge in [0.1, 0.15) is 5.60 Å². The average Bonchev–Trinajstić information content (AvgIpc) is 2.57. The molecule has 0 radical (unpaired) electrons. The van der Waals surface area contributed by atoms with Crippen LogP contribution in [0, 0.1) is 0 Å². The molecular weight excluding hydrogens is 382 g/mol. The number of morpholine rings is 1. The number of nitrogens with one attached hydrogen (secondary N) is 2. The van der Waals surface area contributed by atoms with Crippen molar-refractivity contribution in [2.24, 2.45) is 0 Å². The van der Waals surface area contributed by atoms with E-state index < -0.39 is 11.7 Å². The van der Waals surface area contributed by atoms with Crippen LogP contribution >= 0.6 is 11.8 Å². The van der Waals surface area contributed by atoms with Crippen LogP contribution in [-0.2, 0) is 19.1 Å². The Balaban J connectivity index is 2.17. The summed E-state index contributed by atoms with van der Waals surface area (Å²) in [6.45, 7) is 12.2. The van der Waals surface area contributed by atoms with E-state index in [4.69, 9.17) is 9.47 Å². The number of nitrogens with zero attached hydrogens (tertiary/aromatic N) is 1. The Labute approximate surface area is 172 Å². The molecule has 1 fully saturated rings. The Morgan fingerprint density at radius 2 is 1.71 bits per heavy atom. The maximum absolute atomic E-state index is 12.1. The van der Waals surface area contributed by atoms with Crippen LogP contribution in [-0.4, -0.2) is 78.3 Å². The Hall–Kier alpha value is -1.48. The number of hydrogen-bond donors (Lipinski definition) is 2. The van der Waals surface area contributed by atoms with E-state index in [1.165, 1.54) is 11.8 Å². The van der Waals surface area contributed by atoms with Crippen molar-refractivity contribution in [2.45, 2.75) is 58.6 Å². The summed E-state index contributed by atoms with van der Waals surface area (Å²) in [6.07, 6.45) is 0.997. The SMILES string of the molecule is CC(C)(CCCNC(=O)OC(C)(C)C)NC(=O)CSCC(=O)N1CCOCC1. The van der Waals surface area contributed by atoms with Crippen LogP contribution in [0.1, 0.15) is 47.5 Å². The predicted molar refractivity (Wildman–Crippen MR) is 110 cm³/mol. The molecular formula is C19H35N3O5S. The molecule has 1 saturated heterocycles. The van der Waals surface area contributed by atoms with E-state index in [0.717, 1.165) is 6.42 Å². The highest BCUT2D eigenvalue weighted by Gasteiger charge is 2.22. The highest BCUT2D eigenvalue weighted by molar-refractivity contribution is 8.00. The van der Waals surface area contributed by atoms with E-state index >= 15 is 0 Å². The first kappa shape index (κ1) is 24.6. The monoisotopic (exact) mass is 417 g/mol. The van der Waals surface area contributed by atoms with E-state index in [0.29, 0.717) is 45.0 Å². The van der Waals surface area contributed by atoms with Crippen LogP contribution in [0.2, 0.25) is 0 Å². The van der Waals surface area contributed by atoms with Crippen molar-refractivity contribution in [3.05, 3.63) is 0 Å². The van der Waals surface area contributed by atoms with E-state index in [9.17, 15) is 14.4 Å². The van der Waals surface area contributed by atoms with E-state index in [1.807, 2.05) is 34.6 Å². The molecule has 28 heavy (non-hydrogen) atoms. The van der Waals surface area contributed by atoms with Crippen molar-refractivity contribution < 1.29 is 23.9 Å². The fourth-order valence-corrected chi connectivity index (χ4v) is 3.36. The van der Waals surface area contributed by atoms with Gasteiger partial charge in [-0.25, -0.2) is 4.79 Å². The first-order valence-corrected chi connectivity index (χ1v) is 10.9. The van der Waals surface area contributed by atoms with Crippen molar-refractivity contribution in [1.29, 1.82) is 0 Å². The summed E-state index contributed by atoms with van der Waals surface area (Å²) in [5, 5.41) is 5.70. The van der Waals surface area contributed by atoms with E-state index in [1.54, 1.807) is 4.90 Å². The third kappa shape index (κ3) is 11.4. The topological polar surface area (TPSA) is 97.0 Å². The van der Waals surface area contributed by atoms with Crippen molar-refractivity contribution in [2.75, 3.05) is 44.4 Å². The zero-order chi connectivity index (χ0) is 21.2. The Morgan fingerprint density at radius 3 is 2.32 bits per heavy atom. The molecule has 0 aromatic heterocycles. The van der Waals surface area contributed by atoms with Gasteiger partial charge in [0.25, 0.3) is 0 Å². The van der Waals surface area contributed by atoms with Crippen molar-refractivity contribution in [1.82, 2.24) is 15.5 Å². The molecule has 1 aliphatic heterocycles. The molecule has 0 aliphatic carbocycles. The molecule has 0 aromatic carbocycles. The molecule has 8 nitrogen and oxygen atoms in total. The minimum atomic E-state index is -0.516. The van der Waals surface area contributed by atoms with Crippen LogP contribution < -0.4 is 10.6 Å². The van der Waals surface area contributed by atoms with Gasteiger partial charge in [-0.3, -0.25) is 9.59 Å². The molecule has 0 unspecified atom stereocenters. The lowest BCUT2D eigenvalue weighted by molar-refractivity contribution is -0.132. The van der Waals surface area contributed by atoms with Crippen LogP contribution in [0.5, 0.6) is 0 Å². The Bertz CT molecular complexity index is 528. The Kier molecular flexibility index (Phi) is 10.1. The predicted octanol–water partition coefficient (Wildman–Crippen LogP) is 1.78. The molecule has 1 aliphatic rings. The van der Waals surface area contributed by atoms with Gasteiger partial charge < -0.3 is 25.0 Å². The molecule has 1 rings (SSSR count). The number of alkyl carbamates (subject to hydrolysis) is 1. The normalized spacial score (nSPS) is 15.1. The lowest BCUT2D eigenvalue weighted by Gasteiger charge is -2.27. The number of carbonyl (C=O) groups excluding carboxylic acids is 3. The van der Waals surface area contributed by atoms with Gasteiger partial charge in [-0.05, 0) is 47.5 Å². The minimum absolute atomic E-state index is 0.0496. The van der Waals surface area contributed by atoms with Gasteiger partial charge in [-0.1, -0.05) is 0 Å². The molecule has 0 bridgehead atoms. The summed E-state index contributed by atoms with van der Waals surface area (Å²) in [7, 11) is 0. The molecule has 0 saturated carbocycles. The number of amides is 3. The highest BCUT2D eigenvalue weighted by atomic mass is 32.2. The zero-order valence-electron chi connectivity index (χ0n) is 17.8. The standard InChI is InChI=1S/C19H35N3O5S/c1-18(2,3)27-17(25)20-8-6-7-19(4,5)21-15(23)13-28-14-16(24)22-9-11-26-12-10-22/h6-14H2,1-5H3,(H,20,25)(H,21,23). The molecule has 162 valence electrons. The second-order valence-electron chi connectivity index (χ2n) is 8.45. The summed E-state index contributed by atoms with van der Waals surface area (Å²) < 4.78 is 10.4. The summed E-state index contributed by atoms with van der Waals surface area (Å²) in [5.41, 5.74) is -0.903. The number of thioether (sulfide) groups is 1. The van der Waals surface area contributed by atoms with Crippen LogP contribution in [0.15, 0.2) is 0 Å². The lowest BCUT2D eigenvalue weighted by atomic mass is 9.98. The zero-order valence-corrected chi connectivity index (χ0v) is 18.6. The fraction of sp³-hybridized carbons (Fsp3) is 0.842. The van der Waals surface area contributed by atoms with Gasteiger partial charge in [-0.2, -0.15) is 0 Å². The maximum atomic E-state index is 12.1. The van der Waals surface area contributed by atoms with Gasteiger partial charge in [0.15, 0.2) is 0 Å². The smallest absolute Gasteiger partial charge is 0.407 e. The lowest BCUT2D eigenvalue weighted by Crippen LogP contribution is -2.45. The van der Waals surface area contributed by atoms with Crippen molar-refractivity contribution in [3.8, 4) is 0 Å². The third-order valence-electron chi connectivity index (χ3n) is 3.95. The van der Waals surface area contributed by atoms with Gasteiger partial charge in [0, 0.05) is 25.2 Å². The highest BCUT2D eigenvalue weighted by Crippen LogP contribution is 2.12. The number of rotatable bonds is 9. The third-order valence-corrected chi connectivity index (χ3v) is 4.86. The molecule has 1 heterocycles. The molecule has 0 spiro atoms. The average molecular weight is 418 g/mol. The Morgan fingerprint density at radius 1 is 1.07 bits per heavy atom. The summed E-state index contributed by atoms with van der Waals surface area (Å²) in [5.74, 6) is 0.502. The first-order valence-electron chi connectivity index (χ1n) is 9.70. The van der Waals surface area contributed by atoms with Gasteiger partial charge in [0.2, 0.25) is 11.8 Å². The van der Waals surface area contributed by atoms with Gasteiger partial charge in [0.05, 0.1) is 24.7 Å². The molecule has 0 atom stereocenters. The van der Waals surface area contributed by atoms with Crippen LogP contribution in [0.4, 0.5) is 4.79 Å². The molecule has 9 heteroatoms. The van der Waals surface area contributed by atoms with E-state index in [2.05, 4.69) is 10.6 Å². The summed E-state index contributed by atoms with van der Waals surface area (Å²) in [6, 6.07) is 0. The van der Waals surface area contributed by atoms with Crippen molar-refractivity contribution in [3.63, 3.8) is 0 Å². The number of hydrogen-bond acceptors (Lipinski definition) is 6. The molecule has 0 aromatic rings. The quantitative estimate of drug-likeness (QED) is 0.555. The van der Waals surface area contributed by atoms with E-state index in [-0.39, 0.29) is 23.1 Å². The number of carbonyl (C=O) groups is 3. The molecule has 2 N–H and O–H groups in total. The van der Waals surface area contributed by atoms with Crippen LogP contribution in [0.25, 0.3) is 0 Å². The summed E-state index contributed by atoms with van der Waals surface area (Å²) >= 11 is 1.32. The summed E-state index contributed by atoms with van der Waals surface area (Å²) in [4.78, 5) is 37.6. The first-order chi connectivity index (χ1) is 13.0. The largest absolute Gasteiger partial charge is 0.444 e. The molecule has 3 amide bonds. The van der Waals surface area contributed by atoms with Crippen molar-refractivity contribution >= 4 is 29.7 Å². The fourth-order valence-electron chi connectivity index (χ4n) is 2.65. The van der Waals surface area contributed by atoms with Gasteiger partial charge in [-0.15, -0.1) is 11.8 Å². The van der Waals surface area contributed by atoms with Crippen LogP contribution in [0.3, 0.4) is 0 Å². The second kappa shape index (κ2) is 11.5. The number of ether oxygens (including phenoxy) is 2. The van der Waals surface area contributed by atoms with Gasteiger partial charge >= 0.3 is 6.09 Å². The minimum Gasteiger partial charge on any atom is -0.444 e. The maximum Gasteiger partial charge on any atom is 0.407 e.